The van der Waals surface area contributed by atoms with Gasteiger partial charge in [0.15, 0.2) is 5.01 Å². The molecule has 1 unspecified atom stereocenters. The first-order valence-corrected chi connectivity index (χ1v) is 5.82. The lowest BCUT2D eigenvalue weighted by Gasteiger charge is -1.98. The number of aromatic nitrogens is 2. The largest absolute Gasteiger partial charge is 0.322 e. The van der Waals surface area contributed by atoms with Gasteiger partial charge >= 0.3 is 0 Å². The highest BCUT2D eigenvalue weighted by atomic mass is 35.5. The Morgan fingerprint density at radius 2 is 2.19 bits per heavy atom. The molecule has 0 saturated carbocycles. The summed E-state index contributed by atoms with van der Waals surface area (Å²) in [5, 5.41) is 9.43. The van der Waals surface area contributed by atoms with E-state index in [0.717, 1.165) is 0 Å². The van der Waals surface area contributed by atoms with Crippen LogP contribution in [0.2, 0.25) is 5.02 Å². The molecule has 0 radical (unpaired) electrons. The molecule has 0 saturated heterocycles. The third kappa shape index (κ3) is 2.21. The van der Waals surface area contributed by atoms with Crippen molar-refractivity contribution in [2.24, 2.45) is 5.73 Å². The maximum Gasteiger partial charge on any atom is 0.150 e. The first-order valence-electron chi connectivity index (χ1n) is 4.62. The van der Waals surface area contributed by atoms with Crippen molar-refractivity contribution < 1.29 is 4.39 Å². The van der Waals surface area contributed by atoms with E-state index in [1.54, 1.807) is 6.92 Å². The Morgan fingerprint density at radius 1 is 1.44 bits per heavy atom. The summed E-state index contributed by atoms with van der Waals surface area (Å²) in [6.07, 6.45) is 0. The third-order valence-electron chi connectivity index (χ3n) is 1.99. The molecule has 2 N–H and O–H groups in total. The van der Waals surface area contributed by atoms with Crippen LogP contribution in [-0.2, 0) is 0 Å². The average molecular weight is 258 g/mol. The van der Waals surface area contributed by atoms with Crippen LogP contribution in [0, 0.1) is 5.82 Å². The molecule has 0 amide bonds. The zero-order valence-corrected chi connectivity index (χ0v) is 10.0. The van der Waals surface area contributed by atoms with E-state index in [2.05, 4.69) is 10.2 Å². The van der Waals surface area contributed by atoms with Crippen LogP contribution >= 0.6 is 22.9 Å². The minimum Gasteiger partial charge on any atom is -0.322 e. The van der Waals surface area contributed by atoms with Crippen molar-refractivity contribution in [3.8, 4) is 10.6 Å². The molecule has 2 aromatic rings. The van der Waals surface area contributed by atoms with E-state index in [-0.39, 0.29) is 11.9 Å². The summed E-state index contributed by atoms with van der Waals surface area (Å²) >= 11 is 7.07. The summed E-state index contributed by atoms with van der Waals surface area (Å²) in [6.45, 7) is 1.80. The van der Waals surface area contributed by atoms with Gasteiger partial charge in [-0.3, -0.25) is 0 Å². The second kappa shape index (κ2) is 4.45. The quantitative estimate of drug-likeness (QED) is 0.900. The molecule has 2 rings (SSSR count). The van der Waals surface area contributed by atoms with Crippen molar-refractivity contribution in [1.29, 1.82) is 0 Å². The maximum atomic E-state index is 13.5. The Hall–Kier alpha value is -1.04. The van der Waals surface area contributed by atoms with Gasteiger partial charge in [0.25, 0.3) is 0 Å². The van der Waals surface area contributed by atoms with Crippen LogP contribution in [0.4, 0.5) is 4.39 Å². The third-order valence-corrected chi connectivity index (χ3v) is 3.38. The summed E-state index contributed by atoms with van der Waals surface area (Å²) in [7, 11) is 0. The number of hydrogen-bond donors (Lipinski definition) is 1. The van der Waals surface area contributed by atoms with E-state index in [9.17, 15) is 4.39 Å². The van der Waals surface area contributed by atoms with Crippen molar-refractivity contribution in [2.75, 3.05) is 0 Å². The molecule has 84 valence electrons. The first kappa shape index (κ1) is 11.4. The van der Waals surface area contributed by atoms with Crippen LogP contribution in [-0.4, -0.2) is 10.2 Å². The predicted octanol–water partition coefficient (Wildman–Crippen LogP) is 3.02. The number of halogens is 2. The molecule has 0 bridgehead atoms. The molecule has 0 aliphatic heterocycles. The Morgan fingerprint density at radius 3 is 2.81 bits per heavy atom. The van der Waals surface area contributed by atoms with E-state index in [4.69, 9.17) is 17.3 Å². The van der Waals surface area contributed by atoms with Crippen LogP contribution in [0.15, 0.2) is 18.2 Å². The SMILES string of the molecule is CC(N)c1nnc(-c2cc(Cl)ccc2F)s1. The minimum absolute atomic E-state index is 0.200. The Balaban J connectivity index is 2.46. The lowest BCUT2D eigenvalue weighted by molar-refractivity contribution is 0.631. The Kier molecular flexibility index (Phi) is 3.18. The molecular formula is C10H9ClFN3S. The van der Waals surface area contributed by atoms with E-state index in [1.807, 2.05) is 0 Å². The zero-order valence-electron chi connectivity index (χ0n) is 8.45. The normalized spacial score (nSPS) is 12.8. The summed E-state index contributed by atoms with van der Waals surface area (Å²) in [5.74, 6) is -0.364. The molecule has 3 nitrogen and oxygen atoms in total. The Labute approximate surface area is 101 Å². The highest BCUT2D eigenvalue weighted by molar-refractivity contribution is 7.14. The topological polar surface area (TPSA) is 51.8 Å². The van der Waals surface area contributed by atoms with Gasteiger partial charge in [-0.15, -0.1) is 10.2 Å². The fourth-order valence-corrected chi connectivity index (χ4v) is 2.17. The van der Waals surface area contributed by atoms with Gasteiger partial charge in [0.2, 0.25) is 0 Å². The summed E-state index contributed by atoms with van der Waals surface area (Å²) < 4.78 is 13.5. The van der Waals surface area contributed by atoms with Crippen LogP contribution in [0.25, 0.3) is 10.6 Å². The monoisotopic (exact) mass is 257 g/mol. The molecular weight excluding hydrogens is 249 g/mol. The van der Waals surface area contributed by atoms with Crippen molar-refractivity contribution >= 4 is 22.9 Å². The van der Waals surface area contributed by atoms with Crippen molar-refractivity contribution in [2.45, 2.75) is 13.0 Å². The summed E-state index contributed by atoms with van der Waals surface area (Å²) in [4.78, 5) is 0. The van der Waals surface area contributed by atoms with Crippen LogP contribution < -0.4 is 5.73 Å². The number of rotatable bonds is 2. The van der Waals surface area contributed by atoms with Gasteiger partial charge in [-0.25, -0.2) is 4.39 Å². The molecule has 1 heterocycles. The number of hydrogen-bond acceptors (Lipinski definition) is 4. The number of benzene rings is 1. The molecule has 1 atom stereocenters. The standard InChI is InChI=1S/C10H9ClFN3S/c1-5(13)9-14-15-10(16-9)7-4-6(11)2-3-8(7)12/h2-5H,13H2,1H3. The van der Waals surface area contributed by atoms with Gasteiger partial charge in [0.05, 0.1) is 6.04 Å². The maximum absolute atomic E-state index is 13.5. The predicted molar refractivity (Wildman–Crippen MR) is 62.9 cm³/mol. The minimum atomic E-state index is -0.364. The van der Waals surface area contributed by atoms with Crippen LogP contribution in [0.5, 0.6) is 0 Å². The summed E-state index contributed by atoms with van der Waals surface area (Å²) in [6, 6.07) is 4.13. The zero-order chi connectivity index (χ0) is 11.7. The highest BCUT2D eigenvalue weighted by Crippen LogP contribution is 2.29. The first-order chi connectivity index (χ1) is 7.58. The van der Waals surface area contributed by atoms with Crippen molar-refractivity contribution in [3.63, 3.8) is 0 Å². The van der Waals surface area contributed by atoms with Gasteiger partial charge in [0, 0.05) is 10.6 Å². The fourth-order valence-electron chi connectivity index (χ4n) is 1.19. The molecule has 6 heteroatoms. The van der Waals surface area contributed by atoms with E-state index in [1.165, 1.54) is 29.5 Å². The molecule has 0 aliphatic rings. The van der Waals surface area contributed by atoms with E-state index in [0.29, 0.717) is 20.6 Å². The highest BCUT2D eigenvalue weighted by Gasteiger charge is 2.13. The lowest BCUT2D eigenvalue weighted by Crippen LogP contribution is -2.03. The van der Waals surface area contributed by atoms with Gasteiger partial charge in [-0.2, -0.15) is 0 Å². The van der Waals surface area contributed by atoms with E-state index < -0.39 is 0 Å². The van der Waals surface area contributed by atoms with E-state index >= 15 is 0 Å². The average Bonchev–Trinajstić information content (AvgIpc) is 2.70. The van der Waals surface area contributed by atoms with Gasteiger partial charge in [-0.05, 0) is 25.1 Å². The molecule has 0 fully saturated rings. The molecule has 0 aliphatic carbocycles. The second-order valence-corrected chi connectivity index (χ2v) is 4.80. The molecule has 1 aromatic carbocycles. The number of nitrogens with zero attached hydrogens (tertiary/aromatic N) is 2. The van der Waals surface area contributed by atoms with Crippen molar-refractivity contribution in [3.05, 3.63) is 34.0 Å². The smallest absolute Gasteiger partial charge is 0.150 e. The number of nitrogens with two attached hydrogens (primary N) is 1. The van der Waals surface area contributed by atoms with Gasteiger partial charge in [-0.1, -0.05) is 22.9 Å². The van der Waals surface area contributed by atoms with Gasteiger partial charge < -0.3 is 5.73 Å². The van der Waals surface area contributed by atoms with Crippen molar-refractivity contribution in [1.82, 2.24) is 10.2 Å². The molecule has 1 aromatic heterocycles. The fraction of sp³-hybridized carbons (Fsp3) is 0.200. The molecule has 16 heavy (non-hydrogen) atoms. The van der Waals surface area contributed by atoms with Crippen LogP contribution in [0.3, 0.4) is 0 Å². The lowest BCUT2D eigenvalue weighted by atomic mass is 10.2. The second-order valence-electron chi connectivity index (χ2n) is 3.36. The Bertz CT molecular complexity index is 513. The molecule has 0 spiro atoms. The van der Waals surface area contributed by atoms with Crippen LogP contribution in [0.1, 0.15) is 18.0 Å². The summed E-state index contributed by atoms with van der Waals surface area (Å²) in [5.41, 5.74) is 6.02. The van der Waals surface area contributed by atoms with Gasteiger partial charge in [0.1, 0.15) is 10.8 Å².